The highest BCUT2D eigenvalue weighted by molar-refractivity contribution is 7.86. The van der Waals surface area contributed by atoms with Gasteiger partial charge in [0.15, 0.2) is 13.2 Å². The number of fused-ring (bicyclic) bond motifs is 1. The number of carbonyl (C=O) groups is 4. The van der Waals surface area contributed by atoms with E-state index in [9.17, 15) is 36.4 Å². The minimum absolute atomic E-state index is 0.0248. The van der Waals surface area contributed by atoms with Crippen LogP contribution in [0.5, 0.6) is 0 Å². The van der Waals surface area contributed by atoms with Gasteiger partial charge in [0, 0.05) is 11.8 Å². The third kappa shape index (κ3) is 3.92. The molecule has 7 aliphatic rings. The van der Waals surface area contributed by atoms with E-state index in [0.29, 0.717) is 32.1 Å². The predicted octanol–water partition coefficient (Wildman–Crippen LogP) is 1.63. The molecular formula is C24H28F2O11S. The third-order valence-electron chi connectivity index (χ3n) is 9.68. The molecule has 1 N–H and O–H groups in total. The molecule has 38 heavy (non-hydrogen) atoms. The molecule has 6 aliphatic carbocycles. The number of halogens is 2. The van der Waals surface area contributed by atoms with E-state index in [1.807, 2.05) is 0 Å². The second kappa shape index (κ2) is 8.33. The fourth-order valence-corrected chi connectivity index (χ4v) is 8.85. The molecule has 7 fully saturated rings. The van der Waals surface area contributed by atoms with Crippen molar-refractivity contribution >= 4 is 34.0 Å². The monoisotopic (exact) mass is 562 g/mol. The molecule has 7 rings (SSSR count). The van der Waals surface area contributed by atoms with Crippen LogP contribution in [0.1, 0.15) is 51.4 Å². The van der Waals surface area contributed by atoms with Crippen molar-refractivity contribution in [1.29, 1.82) is 0 Å². The highest BCUT2D eigenvalue weighted by Crippen LogP contribution is 2.66. The van der Waals surface area contributed by atoms with Gasteiger partial charge in [-0.2, -0.15) is 17.2 Å². The summed E-state index contributed by atoms with van der Waals surface area (Å²) in [5, 5.41) is -4.65. The van der Waals surface area contributed by atoms with Gasteiger partial charge in [-0.05, 0) is 63.2 Å². The van der Waals surface area contributed by atoms with Crippen molar-refractivity contribution in [3.8, 4) is 0 Å². The van der Waals surface area contributed by atoms with Gasteiger partial charge in [0.1, 0.15) is 12.2 Å². The van der Waals surface area contributed by atoms with Gasteiger partial charge in [-0.25, -0.2) is 4.79 Å². The minimum Gasteiger partial charge on any atom is -0.458 e. The fraction of sp³-hybridized carbons (Fsp3) is 0.833. The summed E-state index contributed by atoms with van der Waals surface area (Å²) >= 11 is 0. The molecule has 0 spiro atoms. The topological polar surface area (TPSA) is 160 Å². The van der Waals surface area contributed by atoms with Gasteiger partial charge >= 0.3 is 39.2 Å². The summed E-state index contributed by atoms with van der Waals surface area (Å²) in [7, 11) is -5.77. The average Bonchev–Trinajstić information content (AvgIpc) is 3.45. The lowest BCUT2D eigenvalue weighted by Crippen LogP contribution is -2.58. The number of hydrogen-bond donors (Lipinski definition) is 1. The molecular weight excluding hydrogens is 534 g/mol. The lowest BCUT2D eigenvalue weighted by atomic mass is 9.44. The lowest BCUT2D eigenvalue weighted by molar-refractivity contribution is -0.198. The molecule has 7 unspecified atom stereocenters. The van der Waals surface area contributed by atoms with Crippen molar-refractivity contribution in [2.75, 3.05) is 13.2 Å². The largest absolute Gasteiger partial charge is 0.458 e. The maximum atomic E-state index is 13.6. The van der Waals surface area contributed by atoms with Crippen molar-refractivity contribution in [2.45, 2.75) is 68.8 Å². The molecule has 0 radical (unpaired) electrons. The Morgan fingerprint density at radius 1 is 1.00 bits per heavy atom. The first-order valence-corrected chi connectivity index (χ1v) is 14.3. The zero-order chi connectivity index (χ0) is 27.3. The minimum atomic E-state index is -5.77. The number of alkyl halides is 2. The first-order chi connectivity index (χ1) is 17.7. The number of rotatable bonds is 8. The van der Waals surface area contributed by atoms with Crippen LogP contribution in [-0.4, -0.2) is 67.5 Å². The molecule has 0 aromatic rings. The van der Waals surface area contributed by atoms with Crippen molar-refractivity contribution in [3.05, 3.63) is 0 Å². The summed E-state index contributed by atoms with van der Waals surface area (Å²) in [5.74, 6) is -2.92. The second-order valence-corrected chi connectivity index (χ2v) is 13.7. The maximum absolute atomic E-state index is 13.6. The summed E-state index contributed by atoms with van der Waals surface area (Å²) in [6.45, 7) is -2.48. The first kappa shape index (κ1) is 25.9. The zero-order valence-electron chi connectivity index (χ0n) is 20.3. The van der Waals surface area contributed by atoms with Crippen LogP contribution in [0.3, 0.4) is 0 Å². The van der Waals surface area contributed by atoms with Crippen molar-refractivity contribution in [3.63, 3.8) is 0 Å². The van der Waals surface area contributed by atoms with E-state index < -0.39 is 69.5 Å². The van der Waals surface area contributed by atoms with Crippen molar-refractivity contribution in [1.82, 2.24) is 0 Å². The Morgan fingerprint density at radius 2 is 1.61 bits per heavy atom. The first-order valence-electron chi connectivity index (χ1n) is 12.8. The van der Waals surface area contributed by atoms with Crippen molar-refractivity contribution < 1.29 is 59.9 Å². The highest BCUT2D eigenvalue weighted by atomic mass is 32.2. The van der Waals surface area contributed by atoms with Crippen LogP contribution in [0, 0.1) is 40.4 Å². The van der Waals surface area contributed by atoms with Crippen LogP contribution in [0.25, 0.3) is 0 Å². The Bertz CT molecular complexity index is 1190. The summed E-state index contributed by atoms with van der Waals surface area (Å²) in [4.78, 5) is 50.7. The molecule has 1 heterocycles. The molecule has 6 bridgehead atoms. The molecule has 1 aliphatic heterocycles. The van der Waals surface area contributed by atoms with Gasteiger partial charge in [-0.3, -0.25) is 18.9 Å². The van der Waals surface area contributed by atoms with Gasteiger partial charge in [0.2, 0.25) is 0 Å². The normalized spacial score (nSPS) is 42.2. The van der Waals surface area contributed by atoms with Crippen LogP contribution >= 0.6 is 0 Å². The Morgan fingerprint density at radius 3 is 2.21 bits per heavy atom. The van der Waals surface area contributed by atoms with Crippen LogP contribution in [0.4, 0.5) is 8.78 Å². The molecule has 0 amide bonds. The van der Waals surface area contributed by atoms with E-state index in [1.54, 1.807) is 0 Å². The number of carbonyl (C=O) groups excluding carboxylic acids is 4. The van der Waals surface area contributed by atoms with Gasteiger partial charge in [0.05, 0.1) is 16.7 Å². The Kier molecular flexibility index (Phi) is 5.67. The van der Waals surface area contributed by atoms with Gasteiger partial charge in [-0.1, -0.05) is 0 Å². The molecule has 0 aromatic carbocycles. The van der Waals surface area contributed by atoms with Crippen molar-refractivity contribution in [2.24, 2.45) is 40.4 Å². The third-order valence-corrected chi connectivity index (χ3v) is 10.6. The fourth-order valence-electron chi connectivity index (χ4n) is 8.65. The van der Waals surface area contributed by atoms with Gasteiger partial charge < -0.3 is 18.9 Å². The quantitative estimate of drug-likeness (QED) is 0.260. The second-order valence-electron chi connectivity index (χ2n) is 12.1. The number of hydrogen-bond acceptors (Lipinski definition) is 10. The smallest absolute Gasteiger partial charge is 0.402 e. The Labute approximate surface area is 216 Å². The number of esters is 4. The summed E-state index contributed by atoms with van der Waals surface area (Å²) in [6.07, 6.45) is 2.50. The summed E-state index contributed by atoms with van der Waals surface area (Å²) in [6, 6.07) is 0. The standard InChI is InChI=1S/C24H28F2O11S/c25-24(26,38(31,32)33)10-35-21(30)23-6-11-1-12(7-23)5-22(4-11,9-23)20(29)34-8-16(27)36-17-13-2-14-15(3-13)19(28)37-18(14)17/h11-15,17-18H,1-10H2,(H,31,32,33). The van der Waals surface area contributed by atoms with E-state index in [-0.39, 0.29) is 42.0 Å². The molecule has 11 nitrogen and oxygen atoms in total. The SMILES string of the molecule is O=C(COC(=O)C12CC3CC(C1)CC(C(=O)OCC(F)(F)S(=O)(=O)O)(C3)C2)OC1C2CC3C(=O)OC1C3C2. The molecule has 210 valence electrons. The average molecular weight is 563 g/mol. The molecule has 7 atom stereocenters. The van der Waals surface area contributed by atoms with E-state index in [2.05, 4.69) is 4.74 Å². The maximum Gasteiger partial charge on any atom is 0.402 e. The predicted molar refractivity (Wildman–Crippen MR) is 117 cm³/mol. The molecule has 1 saturated heterocycles. The molecule has 14 heteroatoms. The molecule has 0 aromatic heterocycles. The van der Waals surface area contributed by atoms with Gasteiger partial charge in [-0.15, -0.1) is 0 Å². The molecule has 6 saturated carbocycles. The highest BCUT2D eigenvalue weighted by Gasteiger charge is 2.65. The van der Waals surface area contributed by atoms with Crippen LogP contribution in [-0.2, 0) is 48.2 Å². The number of ether oxygens (including phenoxy) is 4. The summed E-state index contributed by atoms with van der Waals surface area (Å²) < 4.78 is 78.7. The van der Waals surface area contributed by atoms with E-state index in [1.165, 1.54) is 0 Å². The lowest BCUT2D eigenvalue weighted by Gasteiger charge is -2.59. The van der Waals surface area contributed by atoms with E-state index in [4.69, 9.17) is 18.8 Å². The van der Waals surface area contributed by atoms with Crippen LogP contribution in [0.15, 0.2) is 0 Å². The van der Waals surface area contributed by atoms with Crippen LogP contribution < -0.4 is 0 Å². The zero-order valence-corrected chi connectivity index (χ0v) is 21.1. The van der Waals surface area contributed by atoms with Crippen LogP contribution in [0.2, 0.25) is 0 Å². The van der Waals surface area contributed by atoms with E-state index >= 15 is 0 Å². The Hall–Kier alpha value is -2.35. The summed E-state index contributed by atoms with van der Waals surface area (Å²) in [5.41, 5.74) is -2.36. The van der Waals surface area contributed by atoms with Gasteiger partial charge in [0.25, 0.3) is 0 Å². The van der Waals surface area contributed by atoms with E-state index in [0.717, 1.165) is 12.8 Å². The Balaban J connectivity index is 1.08.